The molecule has 0 fully saturated rings. The molecule has 106 valence electrons. The van der Waals surface area contributed by atoms with E-state index in [0.29, 0.717) is 0 Å². The van der Waals surface area contributed by atoms with Crippen molar-refractivity contribution in [1.29, 1.82) is 0 Å². The minimum atomic E-state index is 0.797. The van der Waals surface area contributed by atoms with Crippen LogP contribution in [0.15, 0.2) is 42.5 Å². The number of hydrogen-bond acceptors (Lipinski definition) is 3. The Balaban J connectivity index is 2.24. The van der Waals surface area contributed by atoms with Crippen LogP contribution < -0.4 is 15.0 Å². The highest BCUT2D eigenvalue weighted by Gasteiger charge is 2.06. The summed E-state index contributed by atoms with van der Waals surface area (Å²) in [5.74, 6) is 1.77. The molecular formula is C17H22N2O. The highest BCUT2D eigenvalue weighted by atomic mass is 16.5. The van der Waals surface area contributed by atoms with Crippen molar-refractivity contribution < 1.29 is 4.74 Å². The van der Waals surface area contributed by atoms with Crippen LogP contribution in [0.5, 0.6) is 11.5 Å². The Bertz CT molecular complexity index is 579. The van der Waals surface area contributed by atoms with Crippen LogP contribution in [0.4, 0.5) is 5.69 Å². The number of ether oxygens (including phenoxy) is 1. The van der Waals surface area contributed by atoms with E-state index in [0.717, 1.165) is 23.6 Å². The number of hydrogen-bond donors (Lipinski definition) is 1. The van der Waals surface area contributed by atoms with Gasteiger partial charge in [-0.2, -0.15) is 0 Å². The van der Waals surface area contributed by atoms with Crippen molar-refractivity contribution in [2.75, 3.05) is 26.0 Å². The van der Waals surface area contributed by atoms with E-state index in [1.165, 1.54) is 11.3 Å². The third-order valence-corrected chi connectivity index (χ3v) is 3.22. The summed E-state index contributed by atoms with van der Waals surface area (Å²) in [6, 6.07) is 14.3. The minimum Gasteiger partial charge on any atom is -0.457 e. The summed E-state index contributed by atoms with van der Waals surface area (Å²) in [6.07, 6.45) is 0. The molecule has 3 nitrogen and oxygen atoms in total. The summed E-state index contributed by atoms with van der Waals surface area (Å²) >= 11 is 0. The molecule has 1 N–H and O–H groups in total. The number of nitrogens with zero attached hydrogens (tertiary/aromatic N) is 1. The van der Waals surface area contributed by atoms with Crippen molar-refractivity contribution in [1.82, 2.24) is 5.32 Å². The summed E-state index contributed by atoms with van der Waals surface area (Å²) < 4.78 is 6.02. The lowest BCUT2D eigenvalue weighted by Gasteiger charge is -2.17. The second-order valence-electron chi connectivity index (χ2n) is 5.08. The molecule has 0 saturated heterocycles. The summed E-state index contributed by atoms with van der Waals surface area (Å²) in [6.45, 7) is 2.90. The molecule has 0 radical (unpaired) electrons. The molecule has 3 heteroatoms. The predicted octanol–water partition coefficient (Wildman–Crippen LogP) is 3.57. The smallest absolute Gasteiger partial charge is 0.131 e. The van der Waals surface area contributed by atoms with Gasteiger partial charge in [-0.25, -0.2) is 0 Å². The first-order chi connectivity index (χ1) is 9.61. The second kappa shape index (κ2) is 6.44. The maximum atomic E-state index is 6.02. The van der Waals surface area contributed by atoms with Gasteiger partial charge in [-0.05, 0) is 43.8 Å². The van der Waals surface area contributed by atoms with Crippen LogP contribution >= 0.6 is 0 Å². The molecule has 2 rings (SSSR count). The van der Waals surface area contributed by atoms with Gasteiger partial charge >= 0.3 is 0 Å². The quantitative estimate of drug-likeness (QED) is 0.899. The molecule has 20 heavy (non-hydrogen) atoms. The Morgan fingerprint density at radius 3 is 2.50 bits per heavy atom. The van der Waals surface area contributed by atoms with Gasteiger partial charge in [0.1, 0.15) is 11.5 Å². The van der Waals surface area contributed by atoms with Crippen LogP contribution in [-0.2, 0) is 6.54 Å². The number of nitrogens with one attached hydrogen (secondary N) is 1. The van der Waals surface area contributed by atoms with Crippen molar-refractivity contribution in [2.24, 2.45) is 0 Å². The molecule has 0 aliphatic carbocycles. The Morgan fingerprint density at radius 2 is 1.85 bits per heavy atom. The van der Waals surface area contributed by atoms with E-state index in [2.05, 4.69) is 35.3 Å². The Morgan fingerprint density at radius 1 is 1.10 bits per heavy atom. The average Bonchev–Trinajstić information content (AvgIpc) is 2.41. The number of aryl methyl sites for hydroxylation is 1. The number of benzene rings is 2. The fraction of sp³-hybridized carbons (Fsp3) is 0.294. The van der Waals surface area contributed by atoms with Crippen LogP contribution in [-0.4, -0.2) is 21.1 Å². The summed E-state index contributed by atoms with van der Waals surface area (Å²) in [7, 11) is 6.03. The molecule has 2 aromatic carbocycles. The van der Waals surface area contributed by atoms with Gasteiger partial charge in [0, 0.05) is 31.9 Å². The van der Waals surface area contributed by atoms with Gasteiger partial charge < -0.3 is 15.0 Å². The van der Waals surface area contributed by atoms with E-state index in [1.807, 2.05) is 45.4 Å². The molecule has 0 saturated carbocycles. The predicted molar refractivity (Wildman–Crippen MR) is 84.8 cm³/mol. The van der Waals surface area contributed by atoms with Crippen LogP contribution in [0.1, 0.15) is 11.1 Å². The standard InChI is InChI=1S/C17H22N2O/c1-13-11-15(9-10-16(13)19(3)4)20-17-8-6-5-7-14(17)12-18-2/h5-11,18H,12H2,1-4H3. The molecule has 0 aliphatic rings. The molecule has 0 aromatic heterocycles. The number of rotatable bonds is 5. The molecule has 0 spiro atoms. The van der Waals surface area contributed by atoms with E-state index < -0.39 is 0 Å². The third kappa shape index (κ3) is 3.31. The monoisotopic (exact) mass is 270 g/mol. The molecule has 0 bridgehead atoms. The van der Waals surface area contributed by atoms with E-state index >= 15 is 0 Å². The SMILES string of the molecule is CNCc1ccccc1Oc1ccc(N(C)C)c(C)c1. The molecule has 0 aliphatic heterocycles. The molecule has 0 unspecified atom stereocenters. The Labute approximate surface area is 121 Å². The van der Waals surface area contributed by atoms with Crippen LogP contribution in [0.3, 0.4) is 0 Å². The van der Waals surface area contributed by atoms with Crippen molar-refractivity contribution in [3.8, 4) is 11.5 Å². The maximum absolute atomic E-state index is 6.02. The zero-order valence-corrected chi connectivity index (χ0v) is 12.6. The van der Waals surface area contributed by atoms with Gasteiger partial charge in [-0.3, -0.25) is 0 Å². The van der Waals surface area contributed by atoms with Crippen molar-refractivity contribution in [2.45, 2.75) is 13.5 Å². The van der Waals surface area contributed by atoms with Gasteiger partial charge in [-0.1, -0.05) is 18.2 Å². The molecule has 0 amide bonds. The highest BCUT2D eigenvalue weighted by molar-refractivity contribution is 5.55. The van der Waals surface area contributed by atoms with Gasteiger partial charge in [0.2, 0.25) is 0 Å². The molecule has 2 aromatic rings. The zero-order valence-electron chi connectivity index (χ0n) is 12.6. The largest absolute Gasteiger partial charge is 0.457 e. The van der Waals surface area contributed by atoms with Gasteiger partial charge in [0.05, 0.1) is 0 Å². The third-order valence-electron chi connectivity index (χ3n) is 3.22. The van der Waals surface area contributed by atoms with Crippen LogP contribution in [0.25, 0.3) is 0 Å². The van der Waals surface area contributed by atoms with Crippen molar-refractivity contribution in [3.05, 3.63) is 53.6 Å². The fourth-order valence-corrected chi connectivity index (χ4v) is 2.26. The Kier molecular flexibility index (Phi) is 4.64. The fourth-order valence-electron chi connectivity index (χ4n) is 2.26. The maximum Gasteiger partial charge on any atom is 0.131 e. The summed E-state index contributed by atoms with van der Waals surface area (Å²) in [4.78, 5) is 2.11. The lowest BCUT2D eigenvalue weighted by molar-refractivity contribution is 0.474. The normalized spacial score (nSPS) is 10.4. The highest BCUT2D eigenvalue weighted by Crippen LogP contribution is 2.29. The molecular weight excluding hydrogens is 248 g/mol. The first kappa shape index (κ1) is 14.4. The topological polar surface area (TPSA) is 24.5 Å². The van der Waals surface area contributed by atoms with Gasteiger partial charge in [-0.15, -0.1) is 0 Å². The Hall–Kier alpha value is -2.00. The van der Waals surface area contributed by atoms with Gasteiger partial charge in [0.25, 0.3) is 0 Å². The number of anilines is 1. The van der Waals surface area contributed by atoms with E-state index in [4.69, 9.17) is 4.74 Å². The second-order valence-corrected chi connectivity index (χ2v) is 5.08. The van der Waals surface area contributed by atoms with E-state index in [1.54, 1.807) is 0 Å². The summed E-state index contributed by atoms with van der Waals surface area (Å²) in [5, 5.41) is 3.16. The lowest BCUT2D eigenvalue weighted by Crippen LogP contribution is -2.10. The van der Waals surface area contributed by atoms with Gasteiger partial charge in [0.15, 0.2) is 0 Å². The van der Waals surface area contributed by atoms with Crippen molar-refractivity contribution >= 4 is 5.69 Å². The first-order valence-corrected chi connectivity index (χ1v) is 6.80. The first-order valence-electron chi connectivity index (χ1n) is 6.80. The van der Waals surface area contributed by atoms with E-state index in [-0.39, 0.29) is 0 Å². The minimum absolute atomic E-state index is 0.797. The van der Waals surface area contributed by atoms with Crippen LogP contribution in [0.2, 0.25) is 0 Å². The lowest BCUT2D eigenvalue weighted by atomic mass is 10.1. The van der Waals surface area contributed by atoms with Crippen molar-refractivity contribution in [3.63, 3.8) is 0 Å². The van der Waals surface area contributed by atoms with E-state index in [9.17, 15) is 0 Å². The number of para-hydroxylation sites is 1. The molecule has 0 atom stereocenters. The zero-order chi connectivity index (χ0) is 14.5. The summed E-state index contributed by atoms with van der Waals surface area (Å²) in [5.41, 5.74) is 3.57. The van der Waals surface area contributed by atoms with Crippen LogP contribution in [0, 0.1) is 6.92 Å². The average molecular weight is 270 g/mol. The molecule has 0 heterocycles.